The lowest BCUT2D eigenvalue weighted by atomic mass is 9.88. The summed E-state index contributed by atoms with van der Waals surface area (Å²) in [5.74, 6) is 1.91. The molecule has 6 nitrogen and oxygen atoms in total. The normalized spacial score (nSPS) is 20.6. The monoisotopic (exact) mass is 533 g/mol. The number of hydrogen-bond acceptors (Lipinski definition) is 4. The molecule has 164 valence electrons. The summed E-state index contributed by atoms with van der Waals surface area (Å²) in [5.41, 5.74) is 1.02. The zero-order chi connectivity index (χ0) is 19.9. The van der Waals surface area contributed by atoms with Crippen LogP contribution in [0.4, 0.5) is 0 Å². The van der Waals surface area contributed by atoms with Crippen LogP contribution in [0.2, 0.25) is 0 Å². The Bertz CT molecular complexity index is 672. The minimum atomic E-state index is 0. The molecule has 1 aromatic heterocycles. The molecule has 0 aromatic carbocycles. The second kappa shape index (κ2) is 12.1. The molecule has 2 N–H and O–H groups in total. The van der Waals surface area contributed by atoms with Gasteiger partial charge >= 0.3 is 0 Å². The largest absolute Gasteiger partial charge is 0.357 e. The van der Waals surface area contributed by atoms with Crippen molar-refractivity contribution >= 4 is 47.2 Å². The third-order valence-corrected chi connectivity index (χ3v) is 6.80. The highest BCUT2D eigenvalue weighted by molar-refractivity contribution is 14.0. The van der Waals surface area contributed by atoms with Gasteiger partial charge in [-0.05, 0) is 26.2 Å². The van der Waals surface area contributed by atoms with Crippen LogP contribution in [-0.2, 0) is 11.3 Å². The maximum absolute atomic E-state index is 12.8. The topological polar surface area (TPSA) is 69.6 Å². The number of amides is 1. The van der Waals surface area contributed by atoms with Crippen molar-refractivity contribution in [2.24, 2.45) is 10.9 Å². The Labute approximate surface area is 196 Å². The Morgan fingerprint density at radius 2 is 2.07 bits per heavy atom. The second-order valence-electron chi connectivity index (χ2n) is 8.28. The summed E-state index contributed by atoms with van der Waals surface area (Å²) >= 11 is 1.71. The van der Waals surface area contributed by atoms with Crippen molar-refractivity contribution < 1.29 is 4.79 Å². The van der Waals surface area contributed by atoms with Gasteiger partial charge in [-0.15, -0.1) is 35.3 Å². The molecule has 1 aliphatic heterocycles. The SMILES string of the molecule is CCNC(=NCc1csc(C(C)C)n1)NC1CCN(C(=O)C2CCCCC2)C1.I. The van der Waals surface area contributed by atoms with Crippen LogP contribution in [0.5, 0.6) is 0 Å². The van der Waals surface area contributed by atoms with Gasteiger partial charge in [-0.25, -0.2) is 9.98 Å². The predicted molar refractivity (Wildman–Crippen MR) is 131 cm³/mol. The molecular formula is C21H36IN5OS. The molecule has 3 rings (SSSR count). The van der Waals surface area contributed by atoms with E-state index >= 15 is 0 Å². The summed E-state index contributed by atoms with van der Waals surface area (Å²) < 4.78 is 0. The van der Waals surface area contributed by atoms with Crippen LogP contribution in [0, 0.1) is 5.92 Å². The van der Waals surface area contributed by atoms with Crippen molar-refractivity contribution in [2.75, 3.05) is 19.6 Å². The third kappa shape index (κ3) is 7.08. The first kappa shape index (κ1) is 24.4. The summed E-state index contributed by atoms with van der Waals surface area (Å²) in [6, 6.07) is 0.270. The van der Waals surface area contributed by atoms with Crippen LogP contribution in [0.25, 0.3) is 0 Å². The predicted octanol–water partition coefficient (Wildman–Crippen LogP) is 4.12. The number of likely N-dealkylation sites (tertiary alicyclic amines) is 1. The zero-order valence-electron chi connectivity index (χ0n) is 17.9. The average molecular weight is 534 g/mol. The van der Waals surface area contributed by atoms with E-state index in [9.17, 15) is 4.79 Å². The summed E-state index contributed by atoms with van der Waals surface area (Å²) in [7, 11) is 0. The second-order valence-corrected chi connectivity index (χ2v) is 9.17. The van der Waals surface area contributed by atoms with Crippen molar-refractivity contribution in [1.82, 2.24) is 20.5 Å². The Morgan fingerprint density at radius 1 is 1.31 bits per heavy atom. The van der Waals surface area contributed by atoms with E-state index in [2.05, 4.69) is 46.7 Å². The third-order valence-electron chi connectivity index (χ3n) is 5.60. The highest BCUT2D eigenvalue weighted by Crippen LogP contribution is 2.26. The molecule has 0 spiro atoms. The number of carbonyl (C=O) groups is 1. The minimum Gasteiger partial charge on any atom is -0.357 e. The van der Waals surface area contributed by atoms with E-state index < -0.39 is 0 Å². The quantitative estimate of drug-likeness (QED) is 0.328. The average Bonchev–Trinajstić information content (AvgIpc) is 3.36. The number of nitrogens with zero attached hydrogens (tertiary/aromatic N) is 3. The fourth-order valence-electron chi connectivity index (χ4n) is 4.02. The van der Waals surface area contributed by atoms with Gasteiger partial charge in [-0.1, -0.05) is 33.1 Å². The van der Waals surface area contributed by atoms with Gasteiger partial charge in [0.05, 0.1) is 17.2 Å². The van der Waals surface area contributed by atoms with E-state index in [-0.39, 0.29) is 35.9 Å². The smallest absolute Gasteiger partial charge is 0.225 e. The van der Waals surface area contributed by atoms with Crippen LogP contribution < -0.4 is 10.6 Å². The van der Waals surface area contributed by atoms with Gasteiger partial charge in [0.2, 0.25) is 5.91 Å². The number of halogens is 1. The maximum atomic E-state index is 12.8. The molecule has 8 heteroatoms. The van der Waals surface area contributed by atoms with Crippen LogP contribution in [0.1, 0.15) is 75.9 Å². The Hall–Kier alpha value is -0.900. The summed E-state index contributed by atoms with van der Waals surface area (Å²) in [5, 5.41) is 10.1. The summed E-state index contributed by atoms with van der Waals surface area (Å²) in [6.45, 7) is 9.44. The molecule has 2 fully saturated rings. The maximum Gasteiger partial charge on any atom is 0.225 e. The molecule has 1 aromatic rings. The summed E-state index contributed by atoms with van der Waals surface area (Å²) in [4.78, 5) is 24.2. The van der Waals surface area contributed by atoms with Crippen molar-refractivity contribution in [3.05, 3.63) is 16.1 Å². The van der Waals surface area contributed by atoms with Crippen molar-refractivity contribution in [3.63, 3.8) is 0 Å². The lowest BCUT2D eigenvalue weighted by Gasteiger charge is -2.26. The van der Waals surface area contributed by atoms with Crippen LogP contribution in [0.3, 0.4) is 0 Å². The van der Waals surface area contributed by atoms with Gasteiger partial charge < -0.3 is 15.5 Å². The van der Waals surface area contributed by atoms with Crippen molar-refractivity contribution in [1.29, 1.82) is 0 Å². The van der Waals surface area contributed by atoms with Gasteiger partial charge in [0, 0.05) is 42.9 Å². The number of aromatic nitrogens is 1. The first-order valence-electron chi connectivity index (χ1n) is 10.8. The highest BCUT2D eigenvalue weighted by Gasteiger charge is 2.31. The first-order chi connectivity index (χ1) is 13.6. The van der Waals surface area contributed by atoms with Crippen molar-refractivity contribution in [2.45, 2.75) is 77.8 Å². The molecule has 29 heavy (non-hydrogen) atoms. The lowest BCUT2D eigenvalue weighted by Crippen LogP contribution is -2.45. The Kier molecular flexibility index (Phi) is 10.1. The standard InChI is InChI=1S/C21H35N5OS.HI/c1-4-22-21(23-12-18-14-28-19(24-18)15(2)3)25-17-10-11-26(13-17)20(27)16-8-6-5-7-9-16;/h14-17H,4-13H2,1-3H3,(H2,22,23,25);1H. The molecule has 1 aliphatic carbocycles. The minimum absolute atomic E-state index is 0. The molecule has 0 radical (unpaired) electrons. The summed E-state index contributed by atoms with van der Waals surface area (Å²) in [6.07, 6.45) is 6.83. The first-order valence-corrected chi connectivity index (χ1v) is 11.7. The number of thiazole rings is 1. The number of carbonyl (C=O) groups excluding carboxylic acids is 1. The van der Waals surface area contributed by atoms with Gasteiger partial charge in [0.15, 0.2) is 5.96 Å². The molecule has 0 bridgehead atoms. The molecular weight excluding hydrogens is 497 g/mol. The van der Waals surface area contributed by atoms with Gasteiger partial charge in [-0.2, -0.15) is 0 Å². The number of nitrogens with one attached hydrogen (secondary N) is 2. The van der Waals surface area contributed by atoms with E-state index in [1.807, 2.05) is 0 Å². The van der Waals surface area contributed by atoms with Gasteiger partial charge in [0.1, 0.15) is 0 Å². The van der Waals surface area contributed by atoms with Crippen LogP contribution >= 0.6 is 35.3 Å². The molecule has 1 unspecified atom stereocenters. The van der Waals surface area contributed by atoms with Gasteiger partial charge in [0.25, 0.3) is 0 Å². The van der Waals surface area contributed by atoms with E-state index in [1.165, 1.54) is 19.3 Å². The number of rotatable bonds is 6. The number of guanidine groups is 1. The number of aliphatic imine (C=N–C) groups is 1. The van der Waals surface area contributed by atoms with E-state index in [0.717, 1.165) is 55.6 Å². The van der Waals surface area contributed by atoms with Crippen molar-refractivity contribution in [3.8, 4) is 0 Å². The van der Waals surface area contributed by atoms with Crippen LogP contribution in [-0.4, -0.2) is 47.4 Å². The lowest BCUT2D eigenvalue weighted by molar-refractivity contribution is -0.135. The van der Waals surface area contributed by atoms with E-state index in [0.29, 0.717) is 18.4 Å². The van der Waals surface area contributed by atoms with Crippen LogP contribution in [0.15, 0.2) is 10.4 Å². The Morgan fingerprint density at radius 3 is 2.72 bits per heavy atom. The molecule has 1 atom stereocenters. The molecule has 2 heterocycles. The zero-order valence-corrected chi connectivity index (χ0v) is 21.1. The molecule has 1 saturated carbocycles. The highest BCUT2D eigenvalue weighted by atomic mass is 127. The van der Waals surface area contributed by atoms with Gasteiger partial charge in [-0.3, -0.25) is 4.79 Å². The van der Waals surface area contributed by atoms with E-state index in [1.54, 1.807) is 11.3 Å². The number of hydrogen-bond donors (Lipinski definition) is 2. The fourth-order valence-corrected chi connectivity index (χ4v) is 4.85. The molecule has 1 saturated heterocycles. The molecule has 2 aliphatic rings. The van der Waals surface area contributed by atoms with E-state index in [4.69, 9.17) is 4.99 Å². The fraction of sp³-hybridized carbons (Fsp3) is 0.762. The Balaban J connectivity index is 0.00000300. The molecule has 1 amide bonds.